The topological polar surface area (TPSA) is 81.3 Å². The van der Waals surface area contributed by atoms with Crippen LogP contribution in [0.25, 0.3) is 0 Å². The predicted octanol–water partition coefficient (Wildman–Crippen LogP) is 3.96. The highest BCUT2D eigenvalue weighted by molar-refractivity contribution is 7.99. The Labute approximate surface area is 158 Å². The van der Waals surface area contributed by atoms with Crippen molar-refractivity contribution in [1.82, 2.24) is 10.2 Å². The summed E-state index contributed by atoms with van der Waals surface area (Å²) in [6, 6.07) is 13.2. The molecule has 0 saturated carbocycles. The standard InChI is InChI=1S/C19H24N4O2S/c1-14(11-20)13-26-18-9-5-4-7-15(18)22-19(24)21-12-16(23(2)3)17-8-6-10-25-17/h4-10,14,16H,12-13H2,1-3H3,(H2,21,22,24). The molecule has 2 unspecified atom stereocenters. The molecular formula is C19H24N4O2S. The van der Waals surface area contributed by atoms with Crippen molar-refractivity contribution >= 4 is 23.5 Å². The quantitative estimate of drug-likeness (QED) is 0.686. The molecule has 2 atom stereocenters. The van der Waals surface area contributed by atoms with Gasteiger partial charge in [-0.25, -0.2) is 4.79 Å². The van der Waals surface area contributed by atoms with Gasteiger partial charge in [0.2, 0.25) is 0 Å². The first-order valence-electron chi connectivity index (χ1n) is 8.37. The summed E-state index contributed by atoms with van der Waals surface area (Å²) in [6.45, 7) is 2.30. The van der Waals surface area contributed by atoms with Crippen molar-refractivity contribution in [3.05, 3.63) is 48.4 Å². The SMILES string of the molecule is CC(C#N)CSc1ccccc1NC(=O)NCC(c1ccco1)N(C)C. The number of likely N-dealkylation sites (N-methyl/N-ethyl adjacent to an activating group) is 1. The number of urea groups is 1. The third-order valence-electron chi connectivity index (χ3n) is 3.80. The van der Waals surface area contributed by atoms with Crippen molar-refractivity contribution in [1.29, 1.82) is 5.26 Å². The molecule has 6 nitrogen and oxygen atoms in total. The van der Waals surface area contributed by atoms with Gasteiger partial charge in [0.15, 0.2) is 0 Å². The average Bonchev–Trinajstić information content (AvgIpc) is 3.14. The Morgan fingerprint density at radius 2 is 2.08 bits per heavy atom. The predicted molar refractivity (Wildman–Crippen MR) is 104 cm³/mol. The minimum absolute atomic E-state index is 0.0446. The molecule has 0 bridgehead atoms. The van der Waals surface area contributed by atoms with Gasteiger partial charge in [0.25, 0.3) is 0 Å². The van der Waals surface area contributed by atoms with Crippen molar-refractivity contribution < 1.29 is 9.21 Å². The lowest BCUT2D eigenvalue weighted by molar-refractivity contribution is 0.233. The van der Waals surface area contributed by atoms with Gasteiger partial charge in [-0.15, -0.1) is 11.8 Å². The van der Waals surface area contributed by atoms with Gasteiger partial charge in [-0.2, -0.15) is 5.26 Å². The number of para-hydroxylation sites is 1. The molecule has 2 aromatic rings. The molecule has 0 aliphatic rings. The van der Waals surface area contributed by atoms with Gasteiger partial charge in [0, 0.05) is 17.2 Å². The Morgan fingerprint density at radius 3 is 2.73 bits per heavy atom. The fourth-order valence-corrected chi connectivity index (χ4v) is 3.28. The van der Waals surface area contributed by atoms with Gasteiger partial charge in [-0.3, -0.25) is 4.90 Å². The van der Waals surface area contributed by atoms with Crippen molar-refractivity contribution in [2.45, 2.75) is 17.9 Å². The Morgan fingerprint density at radius 1 is 1.31 bits per heavy atom. The van der Waals surface area contributed by atoms with E-state index in [0.29, 0.717) is 12.3 Å². The van der Waals surface area contributed by atoms with E-state index in [4.69, 9.17) is 9.68 Å². The summed E-state index contributed by atoms with van der Waals surface area (Å²) >= 11 is 1.56. The highest BCUT2D eigenvalue weighted by Crippen LogP contribution is 2.28. The smallest absolute Gasteiger partial charge is 0.319 e. The van der Waals surface area contributed by atoms with Crippen LogP contribution >= 0.6 is 11.8 Å². The molecule has 7 heteroatoms. The Balaban J connectivity index is 1.94. The highest BCUT2D eigenvalue weighted by Gasteiger charge is 2.18. The Kier molecular flexibility index (Phi) is 7.57. The van der Waals surface area contributed by atoms with Crippen LogP contribution in [0.3, 0.4) is 0 Å². The first-order chi connectivity index (χ1) is 12.5. The van der Waals surface area contributed by atoms with Crippen LogP contribution in [-0.2, 0) is 0 Å². The van der Waals surface area contributed by atoms with Gasteiger partial charge in [-0.1, -0.05) is 12.1 Å². The lowest BCUT2D eigenvalue weighted by atomic mass is 10.2. The molecule has 2 N–H and O–H groups in total. The van der Waals surface area contributed by atoms with Crippen LogP contribution in [0.1, 0.15) is 18.7 Å². The number of carbonyl (C=O) groups is 1. The zero-order valence-electron chi connectivity index (χ0n) is 15.2. The molecule has 0 radical (unpaired) electrons. The summed E-state index contributed by atoms with van der Waals surface area (Å²) in [4.78, 5) is 15.3. The monoisotopic (exact) mass is 372 g/mol. The molecule has 0 aliphatic heterocycles. The molecule has 0 fully saturated rings. The molecule has 1 aromatic carbocycles. The summed E-state index contributed by atoms with van der Waals surface area (Å²) in [5.41, 5.74) is 0.736. The maximum atomic E-state index is 12.3. The fraction of sp³-hybridized carbons (Fsp3) is 0.368. The van der Waals surface area contributed by atoms with Crippen molar-refractivity contribution in [3.63, 3.8) is 0 Å². The van der Waals surface area contributed by atoms with Crippen LogP contribution < -0.4 is 10.6 Å². The van der Waals surface area contributed by atoms with Crippen LogP contribution in [-0.4, -0.2) is 37.3 Å². The van der Waals surface area contributed by atoms with Gasteiger partial charge >= 0.3 is 6.03 Å². The summed E-state index contributed by atoms with van der Waals surface area (Å²) in [5.74, 6) is 1.44. The zero-order chi connectivity index (χ0) is 18.9. The van der Waals surface area contributed by atoms with E-state index >= 15 is 0 Å². The Hall–Kier alpha value is -2.43. The first-order valence-corrected chi connectivity index (χ1v) is 9.36. The highest BCUT2D eigenvalue weighted by atomic mass is 32.2. The first kappa shape index (κ1) is 19.9. The number of carbonyl (C=O) groups excluding carboxylic acids is 1. The van der Waals surface area contributed by atoms with E-state index in [1.165, 1.54) is 0 Å². The molecular weight excluding hydrogens is 348 g/mol. The average molecular weight is 372 g/mol. The van der Waals surface area contributed by atoms with Gasteiger partial charge < -0.3 is 15.1 Å². The van der Waals surface area contributed by atoms with E-state index < -0.39 is 0 Å². The van der Waals surface area contributed by atoms with Crippen LogP contribution in [0.15, 0.2) is 52.0 Å². The largest absolute Gasteiger partial charge is 0.468 e. The number of nitrogens with zero attached hydrogens (tertiary/aromatic N) is 2. The van der Waals surface area contributed by atoms with Crippen LogP contribution in [0, 0.1) is 17.2 Å². The van der Waals surface area contributed by atoms with Gasteiger partial charge in [0.1, 0.15) is 5.76 Å². The van der Waals surface area contributed by atoms with Gasteiger partial charge in [-0.05, 0) is 45.3 Å². The second kappa shape index (κ2) is 9.90. The van der Waals surface area contributed by atoms with Crippen LogP contribution in [0.2, 0.25) is 0 Å². The number of furan rings is 1. The number of hydrogen-bond donors (Lipinski definition) is 2. The molecule has 2 amide bonds. The fourth-order valence-electron chi connectivity index (χ4n) is 2.32. The lowest BCUT2D eigenvalue weighted by Crippen LogP contribution is -2.36. The van der Waals surface area contributed by atoms with E-state index in [-0.39, 0.29) is 18.0 Å². The maximum Gasteiger partial charge on any atom is 0.319 e. The van der Waals surface area contributed by atoms with E-state index in [1.54, 1.807) is 18.0 Å². The van der Waals surface area contributed by atoms with Crippen LogP contribution in [0.4, 0.5) is 10.5 Å². The number of amides is 2. The zero-order valence-corrected chi connectivity index (χ0v) is 16.0. The number of hydrogen-bond acceptors (Lipinski definition) is 5. The van der Waals surface area contributed by atoms with Crippen molar-refractivity contribution in [3.8, 4) is 6.07 Å². The molecule has 0 spiro atoms. The molecule has 0 aliphatic carbocycles. The summed E-state index contributed by atoms with van der Waals surface area (Å²) < 4.78 is 5.45. The molecule has 138 valence electrons. The summed E-state index contributed by atoms with van der Waals surface area (Å²) in [5, 5.41) is 14.7. The third kappa shape index (κ3) is 5.83. The second-order valence-electron chi connectivity index (χ2n) is 6.17. The summed E-state index contributed by atoms with van der Waals surface area (Å²) in [7, 11) is 3.88. The molecule has 0 saturated heterocycles. The van der Waals surface area contributed by atoms with E-state index in [1.807, 2.05) is 62.3 Å². The number of thioether (sulfide) groups is 1. The van der Waals surface area contributed by atoms with Crippen LogP contribution in [0.5, 0.6) is 0 Å². The Bertz CT molecular complexity index is 740. The van der Waals surface area contributed by atoms with E-state index in [9.17, 15) is 4.79 Å². The molecule has 2 rings (SSSR count). The number of anilines is 1. The third-order valence-corrected chi connectivity index (χ3v) is 5.13. The van der Waals surface area contributed by atoms with Crippen molar-refractivity contribution in [2.24, 2.45) is 5.92 Å². The summed E-state index contributed by atoms with van der Waals surface area (Å²) in [6.07, 6.45) is 1.63. The molecule has 26 heavy (non-hydrogen) atoms. The van der Waals surface area contributed by atoms with Gasteiger partial charge in [0.05, 0.1) is 30.0 Å². The van der Waals surface area contributed by atoms with E-state index in [2.05, 4.69) is 16.7 Å². The minimum atomic E-state index is -0.273. The molecule has 1 aromatic heterocycles. The number of nitrogens with one attached hydrogen (secondary N) is 2. The normalized spacial score (nSPS) is 13.0. The number of rotatable bonds is 8. The number of nitriles is 1. The lowest BCUT2D eigenvalue weighted by Gasteiger charge is -2.22. The number of benzene rings is 1. The van der Waals surface area contributed by atoms with Crippen molar-refractivity contribution in [2.75, 3.05) is 31.7 Å². The van der Waals surface area contributed by atoms with E-state index in [0.717, 1.165) is 16.3 Å². The molecule has 1 heterocycles. The maximum absolute atomic E-state index is 12.3. The second-order valence-corrected chi connectivity index (χ2v) is 7.23. The minimum Gasteiger partial charge on any atom is -0.468 e.